The summed E-state index contributed by atoms with van der Waals surface area (Å²) in [5.74, 6) is 0. The van der Waals surface area contributed by atoms with Gasteiger partial charge < -0.3 is 9.13 Å². The molecule has 0 saturated carbocycles. The van der Waals surface area contributed by atoms with E-state index >= 15 is 0 Å². The minimum atomic E-state index is -1.05. The second-order valence-electron chi connectivity index (χ2n) is 12.5. The lowest BCUT2D eigenvalue weighted by Crippen LogP contribution is -1.94. The van der Waals surface area contributed by atoms with Gasteiger partial charge in [-0.2, -0.15) is 0 Å². The topological polar surface area (TPSA) is 9.86 Å². The van der Waals surface area contributed by atoms with Crippen molar-refractivity contribution < 1.29 is 41.1 Å². The second-order valence-corrected chi connectivity index (χ2v) is 13.5. The minimum absolute atomic E-state index is 0.107. The van der Waals surface area contributed by atoms with Crippen LogP contribution in [0.15, 0.2) is 206 Å². The number of aromatic nitrogens is 2. The van der Waals surface area contributed by atoms with Gasteiger partial charge >= 0.3 is 0 Å². The highest BCUT2D eigenvalue weighted by molar-refractivity contribution is 7.26. The predicted octanol–water partition coefficient (Wildman–Crippen LogP) is 15.2. The van der Waals surface area contributed by atoms with Crippen LogP contribution in [0.25, 0.3) is 109 Å². The quantitative estimate of drug-likeness (QED) is 0.165. The van der Waals surface area contributed by atoms with E-state index in [0.29, 0.717) is 11.3 Å². The lowest BCUT2D eigenvalue weighted by molar-refractivity contribution is 1.18. The molecule has 266 valence electrons. The van der Waals surface area contributed by atoms with Gasteiger partial charge in [-0.1, -0.05) is 145 Å². The van der Waals surface area contributed by atoms with E-state index in [9.17, 15) is 20.6 Å². The van der Waals surface area contributed by atoms with E-state index in [4.69, 9.17) is 20.6 Å². The summed E-state index contributed by atoms with van der Waals surface area (Å²) in [4.78, 5) is 0. The van der Waals surface area contributed by atoms with Crippen LogP contribution in [0.2, 0.25) is 0 Å². The van der Waals surface area contributed by atoms with Crippen LogP contribution < -0.4 is 0 Å². The third-order valence-electron chi connectivity index (χ3n) is 9.43. The highest BCUT2D eigenvalue weighted by atomic mass is 32.1. The summed E-state index contributed by atoms with van der Waals surface area (Å²) in [6.07, 6.45) is 0. The first-order valence-corrected chi connectivity index (χ1v) is 17.9. The largest absolute Gasteiger partial charge is 0.309 e. The van der Waals surface area contributed by atoms with Gasteiger partial charge in [-0.05, 0) is 93.8 Å². The van der Waals surface area contributed by atoms with Crippen molar-refractivity contribution in [1.29, 1.82) is 0 Å². The molecule has 0 spiro atoms. The van der Waals surface area contributed by atoms with Crippen LogP contribution in [-0.4, -0.2) is 9.13 Å². The Balaban J connectivity index is 1.25. The Labute approximate surface area is 375 Å². The van der Waals surface area contributed by atoms with Gasteiger partial charge in [0.2, 0.25) is 0 Å². The van der Waals surface area contributed by atoms with Gasteiger partial charge in [0.1, 0.15) is 0 Å². The summed E-state index contributed by atoms with van der Waals surface area (Å²) in [7, 11) is 0. The normalized spacial score (nSPS) is 19.2. The molecular formula is C54H34N2S. The van der Waals surface area contributed by atoms with Crippen LogP contribution in [0.3, 0.4) is 0 Å². The van der Waals surface area contributed by atoms with Gasteiger partial charge in [-0.15, -0.1) is 11.3 Å². The summed E-state index contributed by atoms with van der Waals surface area (Å²) < 4.78 is 276. The SMILES string of the molecule is [2H]c1cc([2H])c(-c2c([2H])c([2H])c(-n3c4c([2H])c([2H])c([2H])c([2H])c4c4c([2H])c(-c5c([2H])c([2H])c6c(c5[2H])c5c([2H])c([2H])c([2H])c([2H])c5n6-c5c([2H])c([2H])c([2H])c6sc7c(-c8c([2H])cc([2H])cc8[2H])c([2H])c([2H])c([2H])c7c56)c([2H])c([2H])c43)c([2H])c2[2H])c([2H])c1. The van der Waals surface area contributed by atoms with Crippen molar-refractivity contribution in [2.75, 3.05) is 0 Å². The van der Waals surface area contributed by atoms with Crippen molar-refractivity contribution in [1.82, 2.24) is 9.13 Å². The van der Waals surface area contributed by atoms with E-state index in [1.165, 1.54) is 0 Å². The van der Waals surface area contributed by atoms with Crippen molar-refractivity contribution in [3.05, 3.63) is 206 Å². The van der Waals surface area contributed by atoms with Gasteiger partial charge in [-0.3, -0.25) is 0 Å². The van der Waals surface area contributed by atoms with Gasteiger partial charge in [0.25, 0.3) is 0 Å². The summed E-state index contributed by atoms with van der Waals surface area (Å²) in [6.45, 7) is 0. The van der Waals surface area contributed by atoms with Gasteiger partial charge in [-0.25, -0.2) is 0 Å². The highest BCUT2D eigenvalue weighted by Crippen LogP contribution is 2.45. The van der Waals surface area contributed by atoms with Crippen molar-refractivity contribution >= 4 is 75.1 Å². The Morgan fingerprint density at radius 2 is 0.895 bits per heavy atom. The number of thiophene rings is 1. The van der Waals surface area contributed by atoms with E-state index in [2.05, 4.69) is 0 Å². The van der Waals surface area contributed by atoms with Crippen molar-refractivity contribution in [3.8, 4) is 44.8 Å². The minimum Gasteiger partial charge on any atom is -0.309 e. The molecule has 0 aliphatic heterocycles. The molecule has 0 saturated heterocycles. The molecule has 0 aliphatic rings. The first kappa shape index (κ1) is 14.4. The molecule has 0 atom stereocenters. The molecule has 3 heterocycles. The summed E-state index contributed by atoms with van der Waals surface area (Å²) in [6, 6.07) is -19.4. The maximum absolute atomic E-state index is 10.1. The molecule has 12 rings (SSSR count). The summed E-state index contributed by atoms with van der Waals surface area (Å²) in [5.41, 5.74) is -7.01. The number of para-hydroxylation sites is 2. The first-order valence-electron chi connectivity index (χ1n) is 32.1. The molecule has 0 aliphatic carbocycles. The van der Waals surface area contributed by atoms with Crippen LogP contribution >= 0.6 is 11.3 Å². The average Bonchev–Trinajstić information content (AvgIpc) is 1.55. The fraction of sp³-hybridized carbons (Fsp3) is 0. The maximum atomic E-state index is 10.1. The van der Waals surface area contributed by atoms with Gasteiger partial charge in [0.05, 0.1) is 68.9 Å². The van der Waals surface area contributed by atoms with Crippen molar-refractivity contribution in [3.63, 3.8) is 0 Å². The Morgan fingerprint density at radius 3 is 1.58 bits per heavy atom. The zero-order valence-electron chi connectivity index (χ0n) is 58.6. The Bertz CT molecular complexity index is 5220. The fourth-order valence-electron chi connectivity index (χ4n) is 6.99. The Kier molecular flexibility index (Phi) is 3.20. The third-order valence-corrected chi connectivity index (χ3v) is 10.6. The summed E-state index contributed by atoms with van der Waals surface area (Å²) in [5, 5.41) is -3.02. The number of nitrogens with zero attached hydrogens (tertiary/aromatic N) is 2. The molecule has 0 unspecified atom stereocenters. The molecule has 0 radical (unpaired) electrons. The maximum Gasteiger partial charge on any atom is 0.0645 e. The van der Waals surface area contributed by atoms with E-state index in [-0.39, 0.29) is 43.4 Å². The Morgan fingerprint density at radius 1 is 0.368 bits per heavy atom. The van der Waals surface area contributed by atoms with Gasteiger partial charge in [0, 0.05) is 47.4 Å². The van der Waals surface area contributed by atoms with E-state index in [1.807, 2.05) is 0 Å². The molecular weight excluding hydrogens is 709 g/mol. The molecule has 3 heteroatoms. The van der Waals surface area contributed by atoms with E-state index < -0.39 is 246 Å². The first-order chi connectivity index (χ1) is 40.7. The number of hydrogen-bond donors (Lipinski definition) is 0. The van der Waals surface area contributed by atoms with Crippen LogP contribution in [0.4, 0.5) is 0 Å². The molecule has 3 aromatic heterocycles. The number of hydrogen-bond acceptors (Lipinski definition) is 1. The van der Waals surface area contributed by atoms with Crippen LogP contribution in [-0.2, 0) is 0 Å². The monoisotopic (exact) mass is 772 g/mol. The standard InChI is InChI=1S/C54H34N2S/c1-3-13-35(14-4-1)36-25-29-40(30-26-36)55-47-21-9-7-17-42(47)45-33-38(27-31-49(45)55)39-28-32-50-46(34-39)43-18-8-10-22-48(43)56(50)51-23-12-24-52-53(51)44-20-11-19-41(54(44)57-52)37-15-5-2-6-16-37/h1-34H/i1D,2D,7D,8D,9D,10D,11D,12D,13D,14D,15D,16D,17D,18D,19D,20D,21D,22D,23D,24D,25D,26D,27D,28D,29D,30D,31D,32D,33D,34D. The number of rotatable bonds is 5. The molecule has 0 amide bonds. The molecule has 57 heavy (non-hydrogen) atoms. The average molecular weight is 773 g/mol. The third kappa shape index (κ3) is 4.96. The van der Waals surface area contributed by atoms with Crippen LogP contribution in [0.1, 0.15) is 41.1 Å². The molecule has 0 N–H and O–H groups in total. The molecule has 12 aromatic rings. The predicted molar refractivity (Wildman–Crippen MR) is 244 cm³/mol. The molecule has 9 aromatic carbocycles. The van der Waals surface area contributed by atoms with Crippen molar-refractivity contribution in [2.45, 2.75) is 0 Å². The van der Waals surface area contributed by atoms with Crippen LogP contribution in [0, 0.1) is 0 Å². The van der Waals surface area contributed by atoms with E-state index in [0.717, 1.165) is 33.4 Å². The molecule has 0 bridgehead atoms. The van der Waals surface area contributed by atoms with Gasteiger partial charge in [0.15, 0.2) is 0 Å². The number of benzene rings is 9. The van der Waals surface area contributed by atoms with E-state index in [1.54, 1.807) is 0 Å². The van der Waals surface area contributed by atoms with Crippen molar-refractivity contribution in [2.24, 2.45) is 0 Å². The zero-order valence-corrected chi connectivity index (χ0v) is 29.4. The Hall–Kier alpha value is -7.20. The zero-order chi connectivity index (χ0) is 63.6. The number of fused-ring (bicyclic) bond motifs is 9. The molecule has 0 fully saturated rings. The molecule has 2 nitrogen and oxygen atoms in total. The lowest BCUT2D eigenvalue weighted by Gasteiger charge is -2.11. The fourth-order valence-corrected chi connectivity index (χ4v) is 8.10. The smallest absolute Gasteiger partial charge is 0.0645 e. The highest BCUT2D eigenvalue weighted by Gasteiger charge is 2.19. The summed E-state index contributed by atoms with van der Waals surface area (Å²) >= 11 is 0.670. The second kappa shape index (κ2) is 12.7. The lowest BCUT2D eigenvalue weighted by atomic mass is 10.0. The van der Waals surface area contributed by atoms with Crippen LogP contribution in [0.5, 0.6) is 0 Å².